The SMILES string of the molecule is CCOCCOc1cccc(C(=O)NC(=S)NCc2ccc(SC)cc2)c1. The summed E-state index contributed by atoms with van der Waals surface area (Å²) in [4.78, 5) is 13.6. The second kappa shape index (κ2) is 11.6. The molecule has 0 aliphatic carbocycles. The summed E-state index contributed by atoms with van der Waals surface area (Å²) in [5.74, 6) is 0.343. The number of carbonyl (C=O) groups excluding carboxylic acids is 1. The van der Waals surface area contributed by atoms with Crippen molar-refractivity contribution < 1.29 is 14.3 Å². The summed E-state index contributed by atoms with van der Waals surface area (Å²) in [7, 11) is 0. The molecule has 0 aliphatic heterocycles. The van der Waals surface area contributed by atoms with E-state index in [0.717, 1.165) is 5.56 Å². The third kappa shape index (κ3) is 7.58. The summed E-state index contributed by atoms with van der Waals surface area (Å²) in [5.41, 5.74) is 1.58. The van der Waals surface area contributed by atoms with Crippen molar-refractivity contribution in [1.29, 1.82) is 0 Å². The van der Waals surface area contributed by atoms with Crippen LogP contribution in [0, 0.1) is 0 Å². The quantitative estimate of drug-likeness (QED) is 0.378. The van der Waals surface area contributed by atoms with Crippen molar-refractivity contribution in [3.63, 3.8) is 0 Å². The number of thioether (sulfide) groups is 1. The Morgan fingerprint density at radius 3 is 2.63 bits per heavy atom. The van der Waals surface area contributed by atoms with Gasteiger partial charge in [-0.05, 0) is 61.3 Å². The zero-order valence-electron chi connectivity index (χ0n) is 15.5. The van der Waals surface area contributed by atoms with E-state index in [0.29, 0.717) is 37.7 Å². The van der Waals surface area contributed by atoms with Crippen LogP contribution >= 0.6 is 24.0 Å². The maximum absolute atomic E-state index is 12.4. The molecule has 0 saturated heterocycles. The summed E-state index contributed by atoms with van der Waals surface area (Å²) in [5, 5.41) is 6.02. The van der Waals surface area contributed by atoms with Gasteiger partial charge in [0.2, 0.25) is 0 Å². The van der Waals surface area contributed by atoms with E-state index in [1.54, 1.807) is 36.0 Å². The fourth-order valence-electron chi connectivity index (χ4n) is 2.24. The van der Waals surface area contributed by atoms with Crippen LogP contribution in [0.4, 0.5) is 0 Å². The molecular weight excluding hydrogens is 380 g/mol. The number of hydrogen-bond donors (Lipinski definition) is 2. The molecule has 0 bridgehead atoms. The molecule has 2 rings (SSSR count). The molecule has 2 aromatic carbocycles. The van der Waals surface area contributed by atoms with Gasteiger partial charge in [-0.25, -0.2) is 0 Å². The average molecular weight is 405 g/mol. The van der Waals surface area contributed by atoms with Crippen LogP contribution in [0.15, 0.2) is 53.4 Å². The van der Waals surface area contributed by atoms with E-state index >= 15 is 0 Å². The van der Waals surface area contributed by atoms with Gasteiger partial charge in [0.25, 0.3) is 5.91 Å². The van der Waals surface area contributed by atoms with Crippen molar-refractivity contribution in [2.24, 2.45) is 0 Å². The number of benzene rings is 2. The number of nitrogens with one attached hydrogen (secondary N) is 2. The van der Waals surface area contributed by atoms with Crippen LogP contribution in [0.2, 0.25) is 0 Å². The monoisotopic (exact) mass is 404 g/mol. The van der Waals surface area contributed by atoms with Crippen molar-refractivity contribution in [3.05, 3.63) is 59.7 Å². The van der Waals surface area contributed by atoms with Crippen LogP contribution in [0.5, 0.6) is 5.75 Å². The van der Waals surface area contributed by atoms with Crippen LogP contribution in [0.1, 0.15) is 22.8 Å². The summed E-state index contributed by atoms with van der Waals surface area (Å²) < 4.78 is 10.8. The topological polar surface area (TPSA) is 59.6 Å². The number of thiocarbonyl (C=S) groups is 1. The van der Waals surface area contributed by atoms with Crippen LogP contribution in [0.25, 0.3) is 0 Å². The summed E-state index contributed by atoms with van der Waals surface area (Å²) in [6.07, 6.45) is 2.04. The molecule has 0 aromatic heterocycles. The predicted molar refractivity (Wildman–Crippen MR) is 114 cm³/mol. The van der Waals surface area contributed by atoms with Crippen LogP contribution in [0.3, 0.4) is 0 Å². The highest BCUT2D eigenvalue weighted by Crippen LogP contribution is 2.15. The lowest BCUT2D eigenvalue weighted by Gasteiger charge is -2.11. The first-order valence-corrected chi connectivity index (χ1v) is 10.3. The molecule has 0 fully saturated rings. The Bertz CT molecular complexity index is 751. The highest BCUT2D eigenvalue weighted by molar-refractivity contribution is 7.98. The minimum atomic E-state index is -0.277. The molecule has 0 heterocycles. The molecule has 27 heavy (non-hydrogen) atoms. The summed E-state index contributed by atoms with van der Waals surface area (Å²) in [6, 6.07) is 15.2. The van der Waals surface area contributed by atoms with Gasteiger partial charge in [-0.1, -0.05) is 18.2 Å². The highest BCUT2D eigenvalue weighted by Gasteiger charge is 2.09. The van der Waals surface area contributed by atoms with Gasteiger partial charge < -0.3 is 14.8 Å². The Labute approximate surface area is 169 Å². The van der Waals surface area contributed by atoms with Crippen molar-refractivity contribution in [3.8, 4) is 5.75 Å². The first-order chi connectivity index (χ1) is 13.1. The minimum absolute atomic E-state index is 0.277. The van der Waals surface area contributed by atoms with Gasteiger partial charge in [-0.15, -0.1) is 11.8 Å². The Balaban J connectivity index is 1.81. The Morgan fingerprint density at radius 2 is 1.93 bits per heavy atom. The standard InChI is InChI=1S/C20H24N2O3S2/c1-3-24-11-12-25-17-6-4-5-16(13-17)19(23)22-20(26)21-14-15-7-9-18(27-2)10-8-15/h4-10,13H,3,11-12,14H2,1-2H3,(H2,21,22,23,26). The molecule has 2 N–H and O–H groups in total. The maximum atomic E-state index is 12.4. The molecule has 0 unspecified atom stereocenters. The summed E-state index contributed by atoms with van der Waals surface area (Å²) in [6.45, 7) is 4.08. The highest BCUT2D eigenvalue weighted by atomic mass is 32.2. The molecule has 0 atom stereocenters. The predicted octanol–water partition coefficient (Wildman–Crippen LogP) is 3.63. The van der Waals surface area contributed by atoms with Gasteiger partial charge in [-0.2, -0.15) is 0 Å². The number of hydrogen-bond acceptors (Lipinski definition) is 5. The number of ether oxygens (including phenoxy) is 2. The smallest absolute Gasteiger partial charge is 0.257 e. The Morgan fingerprint density at radius 1 is 1.15 bits per heavy atom. The molecule has 144 valence electrons. The van der Waals surface area contributed by atoms with E-state index < -0.39 is 0 Å². The van der Waals surface area contributed by atoms with Gasteiger partial charge in [0.1, 0.15) is 12.4 Å². The zero-order valence-corrected chi connectivity index (χ0v) is 17.1. The third-order valence-electron chi connectivity index (χ3n) is 3.64. The molecule has 1 amide bonds. The molecule has 0 radical (unpaired) electrons. The lowest BCUT2D eigenvalue weighted by molar-refractivity contribution is 0.0975. The van der Waals surface area contributed by atoms with Crippen LogP contribution in [-0.4, -0.2) is 37.1 Å². The average Bonchev–Trinajstić information content (AvgIpc) is 2.70. The third-order valence-corrected chi connectivity index (χ3v) is 4.63. The molecule has 2 aromatic rings. The van der Waals surface area contributed by atoms with E-state index in [2.05, 4.69) is 22.8 Å². The Kier molecular flexibility index (Phi) is 9.10. The molecule has 5 nitrogen and oxygen atoms in total. The fraction of sp³-hybridized carbons (Fsp3) is 0.300. The lowest BCUT2D eigenvalue weighted by Crippen LogP contribution is -2.38. The van der Waals surface area contributed by atoms with Gasteiger partial charge in [0.15, 0.2) is 5.11 Å². The molecule has 0 aliphatic rings. The van der Waals surface area contributed by atoms with Crippen molar-refractivity contribution in [1.82, 2.24) is 10.6 Å². The summed E-state index contributed by atoms with van der Waals surface area (Å²) >= 11 is 6.91. The maximum Gasteiger partial charge on any atom is 0.257 e. The molecular formula is C20H24N2O3S2. The van der Waals surface area contributed by atoms with Gasteiger partial charge in [0, 0.05) is 23.6 Å². The van der Waals surface area contributed by atoms with E-state index in [1.165, 1.54) is 4.90 Å². The first kappa shape index (κ1) is 21.2. The molecule has 0 spiro atoms. The van der Waals surface area contributed by atoms with E-state index in [-0.39, 0.29) is 11.0 Å². The number of rotatable bonds is 9. The van der Waals surface area contributed by atoms with E-state index in [9.17, 15) is 4.79 Å². The van der Waals surface area contributed by atoms with Crippen molar-refractivity contribution >= 4 is 35.0 Å². The van der Waals surface area contributed by atoms with Gasteiger partial charge >= 0.3 is 0 Å². The van der Waals surface area contributed by atoms with Crippen LogP contribution in [-0.2, 0) is 11.3 Å². The minimum Gasteiger partial charge on any atom is -0.491 e. The number of amides is 1. The molecule has 7 heteroatoms. The largest absolute Gasteiger partial charge is 0.491 e. The molecule has 0 saturated carbocycles. The van der Waals surface area contributed by atoms with Crippen molar-refractivity contribution in [2.75, 3.05) is 26.1 Å². The van der Waals surface area contributed by atoms with Gasteiger partial charge in [0.05, 0.1) is 6.61 Å². The fourth-order valence-corrected chi connectivity index (χ4v) is 2.81. The second-order valence-corrected chi connectivity index (χ2v) is 6.85. The number of carbonyl (C=O) groups is 1. The first-order valence-electron chi connectivity index (χ1n) is 8.65. The lowest BCUT2D eigenvalue weighted by atomic mass is 10.2. The van der Waals surface area contributed by atoms with E-state index in [4.69, 9.17) is 21.7 Å². The van der Waals surface area contributed by atoms with Crippen molar-refractivity contribution in [2.45, 2.75) is 18.4 Å². The van der Waals surface area contributed by atoms with Gasteiger partial charge in [-0.3, -0.25) is 10.1 Å². The second-order valence-electron chi connectivity index (χ2n) is 5.56. The Hall–Kier alpha value is -2.09. The van der Waals surface area contributed by atoms with Crippen LogP contribution < -0.4 is 15.4 Å². The zero-order chi connectivity index (χ0) is 19.5. The van der Waals surface area contributed by atoms with E-state index in [1.807, 2.05) is 25.3 Å². The normalized spacial score (nSPS) is 10.3.